The molecule has 0 aliphatic rings. The summed E-state index contributed by atoms with van der Waals surface area (Å²) in [5.74, 6) is 0. The van der Waals surface area contributed by atoms with Crippen LogP contribution in [0.15, 0.2) is 0 Å². The molecule has 126 valence electrons. The van der Waals surface area contributed by atoms with E-state index in [0.717, 1.165) is 6.42 Å². The van der Waals surface area contributed by atoms with Crippen LogP contribution in [0.2, 0.25) is 18.1 Å². The Morgan fingerprint density at radius 3 is 2.10 bits per heavy atom. The van der Waals surface area contributed by atoms with Crippen molar-refractivity contribution in [3.8, 4) is 0 Å². The van der Waals surface area contributed by atoms with Gasteiger partial charge in [0.25, 0.3) is 0 Å². The van der Waals surface area contributed by atoms with E-state index in [9.17, 15) is 4.79 Å². The van der Waals surface area contributed by atoms with Gasteiger partial charge in [-0.05, 0) is 45.3 Å². The van der Waals surface area contributed by atoms with Gasteiger partial charge in [-0.2, -0.15) is 0 Å². The van der Waals surface area contributed by atoms with Gasteiger partial charge in [-0.15, -0.1) is 0 Å². The van der Waals surface area contributed by atoms with E-state index in [0.29, 0.717) is 11.9 Å². The van der Waals surface area contributed by atoms with Crippen molar-refractivity contribution in [1.82, 2.24) is 5.32 Å². The molecule has 0 aromatic heterocycles. The van der Waals surface area contributed by atoms with Crippen LogP contribution in [0.4, 0.5) is 4.79 Å². The first kappa shape index (κ1) is 20.9. The van der Waals surface area contributed by atoms with Crippen molar-refractivity contribution < 1.29 is 14.0 Å². The maximum Gasteiger partial charge on any atom is 0.407 e. The Kier molecular flexibility index (Phi) is 7.94. The third-order valence-corrected chi connectivity index (χ3v) is 8.96. The topological polar surface area (TPSA) is 47.6 Å². The number of hydrogen-bond acceptors (Lipinski definition) is 3. The molecular formula is C15H32BrNO3Si. The number of ether oxygens (including phenoxy) is 1. The number of rotatable bonds is 6. The van der Waals surface area contributed by atoms with Crippen LogP contribution in [-0.4, -0.2) is 38.0 Å². The number of halogens is 1. The summed E-state index contributed by atoms with van der Waals surface area (Å²) in [6, 6.07) is 0.0182. The van der Waals surface area contributed by atoms with Crippen molar-refractivity contribution in [2.45, 2.75) is 77.7 Å². The Hall–Kier alpha value is -0.0731. The van der Waals surface area contributed by atoms with Crippen LogP contribution in [0.3, 0.4) is 0 Å². The van der Waals surface area contributed by atoms with Gasteiger partial charge in [0, 0.05) is 18.0 Å². The lowest BCUT2D eigenvalue weighted by atomic mass is 10.2. The van der Waals surface area contributed by atoms with Gasteiger partial charge in [0.05, 0.1) is 0 Å². The Morgan fingerprint density at radius 1 is 1.19 bits per heavy atom. The number of alkyl carbamates (subject to hydrolysis) is 1. The minimum Gasteiger partial charge on any atom is -0.444 e. The number of carbonyl (C=O) groups is 1. The molecule has 0 heterocycles. The quantitative estimate of drug-likeness (QED) is 0.536. The zero-order valence-corrected chi connectivity index (χ0v) is 17.4. The minimum atomic E-state index is -1.72. The number of amides is 1. The smallest absolute Gasteiger partial charge is 0.407 e. The van der Waals surface area contributed by atoms with Crippen LogP contribution in [0, 0.1) is 0 Å². The molecule has 6 heteroatoms. The summed E-state index contributed by atoms with van der Waals surface area (Å²) < 4.78 is 11.4. The third-order valence-electron chi connectivity index (χ3n) is 3.64. The van der Waals surface area contributed by atoms with E-state index in [-0.39, 0.29) is 17.2 Å². The van der Waals surface area contributed by atoms with Crippen molar-refractivity contribution >= 4 is 30.3 Å². The van der Waals surface area contributed by atoms with Crippen molar-refractivity contribution in [2.24, 2.45) is 0 Å². The summed E-state index contributed by atoms with van der Waals surface area (Å²) in [7, 11) is -1.72. The fourth-order valence-electron chi connectivity index (χ4n) is 1.33. The van der Waals surface area contributed by atoms with Gasteiger partial charge in [-0.3, -0.25) is 0 Å². The summed E-state index contributed by atoms with van der Waals surface area (Å²) in [5, 5.41) is 3.77. The fraction of sp³-hybridized carbons (Fsp3) is 0.933. The molecule has 0 radical (unpaired) electrons. The minimum absolute atomic E-state index is 0.0182. The highest BCUT2D eigenvalue weighted by molar-refractivity contribution is 9.09. The van der Waals surface area contributed by atoms with Gasteiger partial charge in [0.2, 0.25) is 0 Å². The molecule has 0 aliphatic heterocycles. The van der Waals surface area contributed by atoms with Crippen LogP contribution in [0.5, 0.6) is 0 Å². The van der Waals surface area contributed by atoms with Crippen molar-refractivity contribution in [3.05, 3.63) is 0 Å². The lowest BCUT2D eigenvalue weighted by Crippen LogP contribution is -2.43. The SMILES string of the molecule is CC(C)(C)OC(=O)N[C@H](CBr)CCO[Si](C)(C)C(C)(C)C. The standard InChI is InChI=1S/C15H32BrNO3Si/c1-14(2,3)20-13(18)17-12(11-16)9-10-19-21(7,8)15(4,5)6/h12H,9-11H2,1-8H3,(H,17,18)/t12-/m0/s1. The van der Waals surface area contributed by atoms with Crippen molar-refractivity contribution in [2.75, 3.05) is 11.9 Å². The molecule has 0 unspecified atom stereocenters. The average Bonchev–Trinajstić information content (AvgIpc) is 2.23. The molecular weight excluding hydrogens is 350 g/mol. The molecule has 0 spiro atoms. The first-order valence-corrected chi connectivity index (χ1v) is 11.5. The first-order valence-electron chi connectivity index (χ1n) is 7.48. The molecule has 0 saturated heterocycles. The van der Waals surface area contributed by atoms with E-state index >= 15 is 0 Å². The maximum atomic E-state index is 11.8. The highest BCUT2D eigenvalue weighted by Crippen LogP contribution is 2.36. The largest absolute Gasteiger partial charge is 0.444 e. The van der Waals surface area contributed by atoms with Crippen molar-refractivity contribution in [1.29, 1.82) is 0 Å². The van der Waals surface area contributed by atoms with Gasteiger partial charge >= 0.3 is 6.09 Å². The summed E-state index contributed by atoms with van der Waals surface area (Å²) in [6.07, 6.45) is 0.399. The normalized spacial score (nSPS) is 14.7. The summed E-state index contributed by atoms with van der Waals surface area (Å²) in [4.78, 5) is 11.8. The molecule has 1 amide bonds. The van der Waals surface area contributed by atoms with Crippen LogP contribution < -0.4 is 5.32 Å². The number of nitrogens with one attached hydrogen (secondary N) is 1. The molecule has 21 heavy (non-hydrogen) atoms. The molecule has 0 fully saturated rings. The monoisotopic (exact) mass is 381 g/mol. The average molecular weight is 382 g/mol. The van der Waals surface area contributed by atoms with Gasteiger partial charge in [0.1, 0.15) is 5.60 Å². The third kappa shape index (κ3) is 8.83. The Bertz CT molecular complexity index is 335. The molecule has 4 nitrogen and oxygen atoms in total. The van der Waals surface area contributed by atoms with Crippen molar-refractivity contribution in [3.63, 3.8) is 0 Å². The second-order valence-corrected chi connectivity index (χ2v) is 13.4. The molecule has 0 aliphatic carbocycles. The van der Waals surface area contributed by atoms with Gasteiger partial charge < -0.3 is 14.5 Å². The summed E-state index contributed by atoms with van der Waals surface area (Å²) >= 11 is 3.43. The maximum absolute atomic E-state index is 11.8. The Balaban J connectivity index is 4.26. The van der Waals surface area contributed by atoms with E-state index in [1.807, 2.05) is 20.8 Å². The van der Waals surface area contributed by atoms with Crippen LogP contribution in [0.25, 0.3) is 0 Å². The first-order chi connectivity index (χ1) is 9.28. The van der Waals surface area contributed by atoms with Crippen LogP contribution in [-0.2, 0) is 9.16 Å². The van der Waals surface area contributed by atoms with E-state index < -0.39 is 13.9 Å². The van der Waals surface area contributed by atoms with Gasteiger partial charge in [-0.1, -0.05) is 36.7 Å². The molecule has 0 bridgehead atoms. The van der Waals surface area contributed by atoms with E-state index in [1.54, 1.807) is 0 Å². The lowest BCUT2D eigenvalue weighted by molar-refractivity contribution is 0.0504. The lowest BCUT2D eigenvalue weighted by Gasteiger charge is -2.36. The second-order valence-electron chi connectivity index (χ2n) is 7.89. The van der Waals surface area contributed by atoms with Gasteiger partial charge in [-0.25, -0.2) is 4.79 Å². The predicted octanol–water partition coefficient (Wildman–Crippen LogP) is 4.69. The van der Waals surface area contributed by atoms with Crippen LogP contribution >= 0.6 is 15.9 Å². The Labute approximate surface area is 139 Å². The number of alkyl halides is 1. The molecule has 0 rings (SSSR count). The van der Waals surface area contributed by atoms with E-state index in [1.165, 1.54) is 0 Å². The highest BCUT2D eigenvalue weighted by atomic mass is 79.9. The predicted molar refractivity (Wildman–Crippen MR) is 94.7 cm³/mol. The molecule has 0 aromatic rings. The Morgan fingerprint density at radius 2 is 1.71 bits per heavy atom. The molecule has 1 atom stereocenters. The highest BCUT2D eigenvalue weighted by Gasteiger charge is 2.37. The molecule has 0 aromatic carbocycles. The molecule has 1 N–H and O–H groups in total. The number of carbonyl (C=O) groups excluding carboxylic acids is 1. The number of hydrogen-bond donors (Lipinski definition) is 1. The molecule has 0 saturated carbocycles. The van der Waals surface area contributed by atoms with E-state index in [2.05, 4.69) is 55.1 Å². The summed E-state index contributed by atoms with van der Waals surface area (Å²) in [5.41, 5.74) is -0.474. The zero-order valence-electron chi connectivity index (χ0n) is 14.8. The fourth-order valence-corrected chi connectivity index (χ4v) is 2.88. The summed E-state index contributed by atoms with van der Waals surface area (Å²) in [6.45, 7) is 17.4. The zero-order chi connectivity index (χ0) is 16.9. The second kappa shape index (κ2) is 7.97. The van der Waals surface area contributed by atoms with Crippen LogP contribution in [0.1, 0.15) is 48.0 Å². The van der Waals surface area contributed by atoms with E-state index in [4.69, 9.17) is 9.16 Å². The van der Waals surface area contributed by atoms with Gasteiger partial charge in [0.15, 0.2) is 8.32 Å².